The predicted molar refractivity (Wildman–Crippen MR) is 22.0 cm³/mol. The first-order valence-corrected chi connectivity index (χ1v) is 2.58. The minimum atomic E-state index is -0.0772. The van der Waals surface area contributed by atoms with Gasteiger partial charge in [-0.2, -0.15) is 0 Å². The molecule has 0 rings (SSSR count). The molecule has 0 spiro atoms. The van der Waals surface area contributed by atoms with Crippen LogP contribution in [0.1, 0.15) is 0 Å². The Bertz CT molecular complexity index is 46.8. The number of rotatable bonds is 2. The second kappa shape index (κ2) is 3.44. The molecule has 3 heteroatoms. The largest absolute Gasteiger partial charge is 0.292 e. The summed E-state index contributed by atoms with van der Waals surface area (Å²) in [5.41, 5.74) is 0. The quantitative estimate of drug-likeness (QED) is 0.481. The summed E-state index contributed by atoms with van der Waals surface area (Å²) in [7, 11) is 0. The van der Waals surface area contributed by atoms with Gasteiger partial charge in [0.1, 0.15) is 11.6 Å². The van der Waals surface area contributed by atoms with E-state index in [1.54, 1.807) is 0 Å². The average Bonchev–Trinajstić information content (AvgIpc) is 1.65. The molecule has 0 fully saturated rings. The van der Waals surface area contributed by atoms with E-state index in [9.17, 15) is 4.79 Å². The Kier molecular flexibility index (Phi) is 3.58. The SMILES string of the molecule is O=C(CCl)C[ClH+]. The number of carbonyl (C=O) groups excluding carboxylic acids is 1. The molecule has 0 radical (unpaired) electrons. The molecule has 0 saturated carbocycles. The Hall–Kier alpha value is 0.250. The van der Waals surface area contributed by atoms with Gasteiger partial charge < -0.3 is 0 Å². The molecule has 0 aliphatic rings. The van der Waals surface area contributed by atoms with Gasteiger partial charge in [0, 0.05) is 0 Å². The van der Waals surface area contributed by atoms with Crippen LogP contribution in [0.5, 0.6) is 0 Å². The summed E-state index contributed by atoms with van der Waals surface area (Å²) in [5, 5.41) is 0. The van der Waals surface area contributed by atoms with Crippen LogP contribution in [0, 0.1) is 11.6 Å². The molecule has 0 atom stereocenters. The molecule has 0 bridgehead atoms. The molecule has 0 aliphatic carbocycles. The molecule has 0 aromatic heterocycles. The highest BCUT2D eigenvalue weighted by molar-refractivity contribution is 6.27. The van der Waals surface area contributed by atoms with Crippen molar-refractivity contribution >= 4 is 17.4 Å². The third kappa shape index (κ3) is 2.49. The van der Waals surface area contributed by atoms with E-state index in [1.165, 1.54) is 0 Å². The molecule has 0 saturated heterocycles. The average molecular weight is 128 g/mol. The maximum absolute atomic E-state index is 9.94. The van der Waals surface area contributed by atoms with Gasteiger partial charge in [0.25, 0.3) is 0 Å². The number of halogens is 2. The van der Waals surface area contributed by atoms with Crippen LogP contribution in [-0.4, -0.2) is 17.5 Å². The van der Waals surface area contributed by atoms with Gasteiger partial charge in [-0.25, -0.2) is 0 Å². The lowest BCUT2D eigenvalue weighted by Gasteiger charge is -1.71. The Morgan fingerprint density at radius 3 is 2.33 bits per heavy atom. The molecule has 0 aromatic carbocycles. The van der Waals surface area contributed by atoms with Crippen molar-refractivity contribution in [2.45, 2.75) is 0 Å². The minimum Gasteiger partial charge on any atom is -0.292 e. The number of ketones is 1. The lowest BCUT2D eigenvalue weighted by Crippen LogP contribution is -2.01. The number of hydrogen-bond donors (Lipinski definition) is 0. The molecular formula is C3H5Cl2O+. The van der Waals surface area contributed by atoms with Crippen molar-refractivity contribution in [3.8, 4) is 0 Å². The van der Waals surface area contributed by atoms with E-state index in [1.807, 2.05) is 0 Å². The molecule has 0 aromatic rings. The lowest BCUT2D eigenvalue weighted by atomic mass is 10.5. The first kappa shape index (κ1) is 6.25. The monoisotopic (exact) mass is 127 g/mol. The minimum absolute atomic E-state index is 0.0590. The van der Waals surface area contributed by atoms with Crippen molar-refractivity contribution in [2.75, 3.05) is 11.8 Å². The van der Waals surface area contributed by atoms with Crippen LogP contribution in [0.15, 0.2) is 0 Å². The smallest absolute Gasteiger partial charge is 0.228 e. The van der Waals surface area contributed by atoms with Crippen molar-refractivity contribution in [2.24, 2.45) is 0 Å². The summed E-state index contributed by atoms with van der Waals surface area (Å²) in [4.78, 5) is 9.94. The van der Waals surface area contributed by atoms with Crippen LogP contribution in [0.25, 0.3) is 0 Å². The number of carbonyl (C=O) groups is 1. The van der Waals surface area contributed by atoms with E-state index in [2.05, 4.69) is 11.6 Å². The van der Waals surface area contributed by atoms with E-state index in [4.69, 9.17) is 11.6 Å². The standard InChI is InChI=1S/C3H5Cl2O/c4-1-3(6)2-5/h4H,1-2H2/q+1. The maximum atomic E-state index is 9.94. The van der Waals surface area contributed by atoms with E-state index in [-0.39, 0.29) is 17.5 Å². The van der Waals surface area contributed by atoms with Gasteiger partial charge in [0.05, 0.1) is 5.88 Å². The van der Waals surface area contributed by atoms with Crippen molar-refractivity contribution < 1.29 is 16.4 Å². The van der Waals surface area contributed by atoms with Crippen LogP contribution in [0.3, 0.4) is 0 Å². The number of alkyl halides is 2. The Morgan fingerprint density at radius 2 is 2.33 bits per heavy atom. The summed E-state index contributed by atoms with van der Waals surface area (Å²) in [6.45, 7) is 0. The van der Waals surface area contributed by atoms with Crippen LogP contribution in [0.4, 0.5) is 0 Å². The molecule has 0 heterocycles. The molecular weight excluding hydrogens is 123 g/mol. The molecule has 0 amide bonds. The van der Waals surface area contributed by atoms with Gasteiger partial charge in [-0.15, -0.1) is 11.6 Å². The van der Waals surface area contributed by atoms with Gasteiger partial charge >= 0.3 is 0 Å². The number of Topliss-reactive ketones (excluding diaryl/α,β-unsaturated/α-hetero) is 1. The van der Waals surface area contributed by atoms with E-state index in [0.29, 0.717) is 0 Å². The molecule has 6 heavy (non-hydrogen) atoms. The highest BCUT2D eigenvalue weighted by atomic mass is 35.5. The van der Waals surface area contributed by atoms with Crippen molar-refractivity contribution in [1.29, 1.82) is 0 Å². The molecule has 36 valence electrons. The highest BCUT2D eigenvalue weighted by Gasteiger charge is 1.97. The molecule has 1 nitrogen and oxygen atoms in total. The fourth-order valence-electron chi connectivity index (χ4n) is 0.0386. The zero-order valence-corrected chi connectivity index (χ0v) is 4.68. The summed E-state index contributed by atoms with van der Waals surface area (Å²) < 4.78 is 0. The summed E-state index contributed by atoms with van der Waals surface area (Å²) in [5.74, 6) is 0.124. The second-order valence-corrected chi connectivity index (χ2v) is 1.37. The Balaban J connectivity index is 2.99. The van der Waals surface area contributed by atoms with Crippen LogP contribution >= 0.6 is 11.6 Å². The van der Waals surface area contributed by atoms with Gasteiger partial charge in [0.15, 0.2) is 0 Å². The highest BCUT2D eigenvalue weighted by Crippen LogP contribution is 1.74. The van der Waals surface area contributed by atoms with Crippen LogP contribution < -0.4 is 0 Å². The van der Waals surface area contributed by atoms with Gasteiger partial charge in [-0.3, -0.25) is 4.79 Å². The molecule has 0 aliphatic heterocycles. The van der Waals surface area contributed by atoms with Crippen molar-refractivity contribution in [3.63, 3.8) is 0 Å². The normalized spacial score (nSPS) is 8.33. The predicted octanol–water partition coefficient (Wildman–Crippen LogP) is 0.0759. The molecule has 0 N–H and O–H groups in total. The maximum Gasteiger partial charge on any atom is 0.228 e. The van der Waals surface area contributed by atoms with E-state index >= 15 is 0 Å². The first-order chi connectivity index (χ1) is 2.81. The third-order valence-electron chi connectivity index (χ3n) is 0.310. The zero-order valence-electron chi connectivity index (χ0n) is 3.11. The lowest BCUT2D eigenvalue weighted by molar-refractivity contribution is -0.354. The topological polar surface area (TPSA) is 17.1 Å². The third-order valence-corrected chi connectivity index (χ3v) is 0.930. The van der Waals surface area contributed by atoms with Gasteiger partial charge in [-0.1, -0.05) is 0 Å². The summed E-state index contributed by atoms with van der Waals surface area (Å²) in [6.07, 6.45) is 0. The van der Waals surface area contributed by atoms with Crippen LogP contribution in [0.2, 0.25) is 0 Å². The van der Waals surface area contributed by atoms with E-state index in [0.717, 1.165) is 0 Å². The second-order valence-electron chi connectivity index (χ2n) is 0.817. The van der Waals surface area contributed by atoms with Gasteiger partial charge in [0.2, 0.25) is 11.7 Å². The summed E-state index contributed by atoms with van der Waals surface area (Å²) >= 11 is 9.38. The van der Waals surface area contributed by atoms with E-state index < -0.39 is 0 Å². The van der Waals surface area contributed by atoms with Crippen molar-refractivity contribution in [3.05, 3.63) is 0 Å². The van der Waals surface area contributed by atoms with Crippen LogP contribution in [-0.2, 0) is 4.79 Å². The Morgan fingerprint density at radius 1 is 1.83 bits per heavy atom. The Labute approximate surface area is 46.2 Å². The summed E-state index contributed by atoms with van der Waals surface area (Å²) in [6, 6.07) is 0. The van der Waals surface area contributed by atoms with Gasteiger partial charge in [-0.05, 0) is 0 Å². The first-order valence-electron chi connectivity index (χ1n) is 1.47. The fourth-order valence-corrected chi connectivity index (χ4v) is 0.347. The zero-order chi connectivity index (χ0) is 4.99. The molecule has 0 unspecified atom stereocenters. The number of hydrogen-bond acceptors (Lipinski definition) is 1. The van der Waals surface area contributed by atoms with Crippen molar-refractivity contribution in [1.82, 2.24) is 0 Å². The fraction of sp³-hybridized carbons (Fsp3) is 0.667.